The molecule has 0 aromatic carbocycles. The lowest BCUT2D eigenvalue weighted by Gasteiger charge is -2.50. The Balaban J connectivity index is 1.46. The Bertz CT molecular complexity index is 431. The minimum atomic E-state index is -0.696. The summed E-state index contributed by atoms with van der Waals surface area (Å²) in [4.78, 5) is 28.1. The van der Waals surface area contributed by atoms with Crippen LogP contribution < -0.4 is 0 Å². The predicted octanol–water partition coefficient (Wildman–Crippen LogP) is 0.864. The molecule has 2 amide bonds. The summed E-state index contributed by atoms with van der Waals surface area (Å²) in [5, 5.41) is 10.2. The Morgan fingerprint density at radius 2 is 1.43 bits per heavy atom. The first-order valence-corrected chi connectivity index (χ1v) is 8.20. The van der Waals surface area contributed by atoms with Crippen molar-refractivity contribution in [2.75, 3.05) is 26.2 Å². The molecule has 0 radical (unpaired) electrons. The van der Waals surface area contributed by atoms with Crippen LogP contribution in [0.5, 0.6) is 0 Å². The highest BCUT2D eigenvalue weighted by atomic mass is 16.3. The van der Waals surface area contributed by atoms with Crippen LogP contribution in [0.15, 0.2) is 0 Å². The summed E-state index contributed by atoms with van der Waals surface area (Å²) >= 11 is 0. The summed E-state index contributed by atoms with van der Waals surface area (Å²) in [6.07, 6.45) is 3.63. The van der Waals surface area contributed by atoms with Crippen LogP contribution in [0.3, 0.4) is 0 Å². The van der Waals surface area contributed by atoms with Crippen molar-refractivity contribution in [3.8, 4) is 0 Å². The van der Waals surface area contributed by atoms with Gasteiger partial charge >= 0.3 is 0 Å². The Labute approximate surface area is 126 Å². The standard InChI is InChI=1S/C16H26N2O3/c1-11(2)16(21)9-18(10-16)15(20)13-5-7-17(8-6-13)14(19)12-3-4-12/h11-13,21H,3-10H2,1-2H3. The quantitative estimate of drug-likeness (QED) is 0.840. The molecule has 0 spiro atoms. The summed E-state index contributed by atoms with van der Waals surface area (Å²) in [5.74, 6) is 0.941. The third kappa shape index (κ3) is 2.80. The van der Waals surface area contributed by atoms with Gasteiger partial charge in [-0.05, 0) is 31.6 Å². The molecule has 3 fully saturated rings. The van der Waals surface area contributed by atoms with E-state index in [1.54, 1.807) is 4.90 Å². The minimum Gasteiger partial charge on any atom is -0.386 e. The topological polar surface area (TPSA) is 60.9 Å². The number of likely N-dealkylation sites (tertiary alicyclic amines) is 2. The van der Waals surface area contributed by atoms with Crippen LogP contribution in [0.25, 0.3) is 0 Å². The number of nitrogens with zero attached hydrogens (tertiary/aromatic N) is 2. The molecule has 0 bridgehead atoms. The highest BCUT2D eigenvalue weighted by molar-refractivity contribution is 5.82. The maximum atomic E-state index is 12.4. The first kappa shape index (κ1) is 14.8. The molecular weight excluding hydrogens is 268 g/mol. The van der Waals surface area contributed by atoms with Crippen LogP contribution >= 0.6 is 0 Å². The molecule has 5 nitrogen and oxygen atoms in total. The van der Waals surface area contributed by atoms with E-state index < -0.39 is 5.60 Å². The van der Waals surface area contributed by atoms with Gasteiger partial charge in [0.05, 0.1) is 13.1 Å². The first-order chi connectivity index (χ1) is 9.90. The second-order valence-electron chi connectivity index (χ2n) is 7.33. The first-order valence-electron chi connectivity index (χ1n) is 8.20. The molecule has 2 aliphatic heterocycles. The van der Waals surface area contributed by atoms with Crippen molar-refractivity contribution in [1.82, 2.24) is 9.80 Å². The van der Waals surface area contributed by atoms with Gasteiger partial charge in [0.1, 0.15) is 5.60 Å². The lowest BCUT2D eigenvalue weighted by atomic mass is 9.81. The molecule has 2 heterocycles. The maximum absolute atomic E-state index is 12.4. The number of amides is 2. The Morgan fingerprint density at radius 3 is 1.90 bits per heavy atom. The highest BCUT2D eigenvalue weighted by Crippen LogP contribution is 2.34. The molecule has 3 aliphatic rings. The molecule has 21 heavy (non-hydrogen) atoms. The van der Waals surface area contributed by atoms with Crippen molar-refractivity contribution < 1.29 is 14.7 Å². The molecular formula is C16H26N2O3. The lowest BCUT2D eigenvalue weighted by molar-refractivity contribution is -0.169. The van der Waals surface area contributed by atoms with Gasteiger partial charge < -0.3 is 14.9 Å². The van der Waals surface area contributed by atoms with Gasteiger partial charge in [0.25, 0.3) is 0 Å². The molecule has 0 aromatic heterocycles. The monoisotopic (exact) mass is 294 g/mol. The van der Waals surface area contributed by atoms with E-state index in [9.17, 15) is 14.7 Å². The second-order valence-corrected chi connectivity index (χ2v) is 7.33. The number of rotatable bonds is 3. The lowest BCUT2D eigenvalue weighted by Crippen LogP contribution is -2.67. The van der Waals surface area contributed by atoms with E-state index in [0.717, 1.165) is 25.7 Å². The van der Waals surface area contributed by atoms with Crippen molar-refractivity contribution >= 4 is 11.8 Å². The van der Waals surface area contributed by atoms with E-state index in [1.807, 2.05) is 18.7 Å². The SMILES string of the molecule is CC(C)C1(O)CN(C(=O)C2CCN(C(=O)C3CC3)CC2)C1. The fourth-order valence-corrected chi connectivity index (χ4v) is 3.33. The molecule has 0 aromatic rings. The summed E-state index contributed by atoms with van der Waals surface area (Å²) in [6.45, 7) is 6.34. The Morgan fingerprint density at radius 1 is 0.952 bits per heavy atom. The van der Waals surface area contributed by atoms with E-state index in [1.165, 1.54) is 0 Å². The summed E-state index contributed by atoms with van der Waals surface area (Å²) in [7, 11) is 0. The maximum Gasteiger partial charge on any atom is 0.226 e. The van der Waals surface area contributed by atoms with Gasteiger partial charge in [-0.1, -0.05) is 13.8 Å². The van der Waals surface area contributed by atoms with Crippen molar-refractivity contribution in [3.63, 3.8) is 0 Å². The zero-order valence-corrected chi connectivity index (χ0v) is 13.0. The van der Waals surface area contributed by atoms with Crippen LogP contribution in [-0.4, -0.2) is 58.5 Å². The molecule has 118 valence electrons. The van der Waals surface area contributed by atoms with Crippen LogP contribution in [0.1, 0.15) is 39.5 Å². The smallest absolute Gasteiger partial charge is 0.226 e. The van der Waals surface area contributed by atoms with E-state index in [-0.39, 0.29) is 23.7 Å². The fourth-order valence-electron chi connectivity index (χ4n) is 3.33. The number of hydrogen-bond acceptors (Lipinski definition) is 3. The van der Waals surface area contributed by atoms with Crippen molar-refractivity contribution in [2.45, 2.75) is 45.1 Å². The number of aliphatic hydroxyl groups is 1. The predicted molar refractivity (Wildman–Crippen MR) is 78.4 cm³/mol. The summed E-state index contributed by atoms with van der Waals surface area (Å²) < 4.78 is 0. The zero-order valence-electron chi connectivity index (χ0n) is 13.0. The third-order valence-corrected chi connectivity index (χ3v) is 5.40. The van der Waals surface area contributed by atoms with Crippen LogP contribution in [0.4, 0.5) is 0 Å². The van der Waals surface area contributed by atoms with Gasteiger partial charge in [-0.25, -0.2) is 0 Å². The molecule has 1 aliphatic carbocycles. The second kappa shape index (κ2) is 5.27. The van der Waals surface area contributed by atoms with E-state index in [4.69, 9.17) is 0 Å². The molecule has 0 unspecified atom stereocenters. The molecule has 5 heteroatoms. The van der Waals surface area contributed by atoms with Gasteiger partial charge in [0, 0.05) is 24.9 Å². The van der Waals surface area contributed by atoms with E-state index in [0.29, 0.717) is 32.1 Å². The van der Waals surface area contributed by atoms with Crippen molar-refractivity contribution in [3.05, 3.63) is 0 Å². The average Bonchev–Trinajstić information content (AvgIpc) is 3.27. The molecule has 0 atom stereocenters. The highest BCUT2D eigenvalue weighted by Gasteiger charge is 2.47. The zero-order chi connectivity index (χ0) is 15.2. The number of carbonyl (C=O) groups is 2. The van der Waals surface area contributed by atoms with Crippen molar-refractivity contribution in [1.29, 1.82) is 0 Å². The normalized spacial score (nSPS) is 25.9. The largest absolute Gasteiger partial charge is 0.386 e. The van der Waals surface area contributed by atoms with E-state index >= 15 is 0 Å². The van der Waals surface area contributed by atoms with Gasteiger partial charge in [-0.2, -0.15) is 0 Å². The summed E-state index contributed by atoms with van der Waals surface area (Å²) in [6, 6.07) is 0. The number of hydrogen-bond donors (Lipinski definition) is 1. The van der Waals surface area contributed by atoms with Crippen LogP contribution in [0, 0.1) is 17.8 Å². The van der Waals surface area contributed by atoms with Gasteiger partial charge in [-0.3, -0.25) is 9.59 Å². The van der Waals surface area contributed by atoms with E-state index in [2.05, 4.69) is 0 Å². The van der Waals surface area contributed by atoms with Gasteiger partial charge in [0.15, 0.2) is 0 Å². The Hall–Kier alpha value is -1.10. The van der Waals surface area contributed by atoms with Crippen LogP contribution in [0.2, 0.25) is 0 Å². The fraction of sp³-hybridized carbons (Fsp3) is 0.875. The number of carbonyl (C=O) groups excluding carboxylic acids is 2. The molecule has 1 N–H and O–H groups in total. The molecule has 2 saturated heterocycles. The Kier molecular flexibility index (Phi) is 3.72. The van der Waals surface area contributed by atoms with Gasteiger partial charge in [-0.15, -0.1) is 0 Å². The molecule has 3 rings (SSSR count). The molecule has 1 saturated carbocycles. The summed E-state index contributed by atoms with van der Waals surface area (Å²) in [5.41, 5.74) is -0.696. The minimum absolute atomic E-state index is 0.0324. The third-order valence-electron chi connectivity index (χ3n) is 5.40. The number of β-amino-alcohol motifs (C(OH)–C–C–N with tert-alkyl or cyclic N) is 1. The number of piperidine rings is 1. The van der Waals surface area contributed by atoms with Gasteiger partial charge in [0.2, 0.25) is 11.8 Å². The van der Waals surface area contributed by atoms with Crippen molar-refractivity contribution in [2.24, 2.45) is 17.8 Å². The average molecular weight is 294 g/mol. The van der Waals surface area contributed by atoms with Crippen LogP contribution in [-0.2, 0) is 9.59 Å².